The second kappa shape index (κ2) is 10.5. The molecular formula is C18H23ClN2O3S. The molecule has 0 aromatic heterocycles. The molecule has 1 aromatic carbocycles. The fraction of sp³-hybridized carbons (Fsp3) is 0.500. The molecule has 7 heteroatoms. The van der Waals surface area contributed by atoms with E-state index < -0.39 is 11.3 Å². The van der Waals surface area contributed by atoms with E-state index in [9.17, 15) is 9.59 Å². The van der Waals surface area contributed by atoms with Crippen LogP contribution in [0.5, 0.6) is 0 Å². The highest BCUT2D eigenvalue weighted by Gasteiger charge is 2.25. The molecule has 0 unspecified atom stereocenters. The Hall–Kier alpha value is -1.53. The number of rotatable bonds is 7. The molecule has 1 aromatic rings. The fourth-order valence-electron chi connectivity index (χ4n) is 2.95. The summed E-state index contributed by atoms with van der Waals surface area (Å²) >= 11 is 6.95. The Labute approximate surface area is 157 Å². The van der Waals surface area contributed by atoms with E-state index in [0.717, 1.165) is 30.4 Å². The summed E-state index contributed by atoms with van der Waals surface area (Å²) in [4.78, 5) is 27.3. The smallest absolute Gasteiger partial charge is 0.417 e. The van der Waals surface area contributed by atoms with Crippen LogP contribution in [0.2, 0.25) is 5.02 Å². The van der Waals surface area contributed by atoms with Gasteiger partial charge < -0.3 is 4.74 Å². The van der Waals surface area contributed by atoms with E-state index in [0.29, 0.717) is 17.4 Å². The molecule has 0 spiro atoms. The van der Waals surface area contributed by atoms with Crippen LogP contribution in [0.25, 0.3) is 0 Å². The molecule has 1 atom stereocenters. The van der Waals surface area contributed by atoms with Gasteiger partial charge in [0.25, 0.3) is 5.91 Å². The molecule has 1 fully saturated rings. The highest BCUT2D eigenvalue weighted by molar-refractivity contribution is 7.99. The molecule has 0 radical (unpaired) electrons. The Balaban J connectivity index is 1.78. The van der Waals surface area contributed by atoms with Crippen molar-refractivity contribution < 1.29 is 14.3 Å². The van der Waals surface area contributed by atoms with Gasteiger partial charge in [0.05, 0.1) is 0 Å². The minimum atomic E-state index is -0.588. The van der Waals surface area contributed by atoms with E-state index in [1.807, 2.05) is 6.07 Å². The highest BCUT2D eigenvalue weighted by Crippen LogP contribution is 2.30. The predicted octanol–water partition coefficient (Wildman–Crippen LogP) is 4.78. The first-order valence-corrected chi connectivity index (χ1v) is 9.67. The first kappa shape index (κ1) is 19.8. The van der Waals surface area contributed by atoms with Crippen LogP contribution in [0, 0.1) is 5.92 Å². The minimum absolute atomic E-state index is 0.119. The van der Waals surface area contributed by atoms with Gasteiger partial charge in [0.2, 0.25) is 0 Å². The van der Waals surface area contributed by atoms with E-state index in [-0.39, 0.29) is 12.5 Å². The maximum absolute atomic E-state index is 12.0. The summed E-state index contributed by atoms with van der Waals surface area (Å²) in [7, 11) is 0. The predicted molar refractivity (Wildman–Crippen MR) is 102 cm³/mol. The van der Waals surface area contributed by atoms with Gasteiger partial charge in [-0.2, -0.15) is 0 Å². The van der Waals surface area contributed by atoms with Crippen molar-refractivity contribution in [2.24, 2.45) is 10.9 Å². The largest absolute Gasteiger partial charge is 0.444 e. The van der Waals surface area contributed by atoms with Crippen LogP contribution in [0.3, 0.4) is 0 Å². The normalized spacial score (nSPS) is 16.0. The second-order valence-corrected chi connectivity index (χ2v) is 7.60. The number of aliphatic imine (C=N–C) groups is 1. The van der Waals surface area contributed by atoms with Crippen LogP contribution < -0.4 is 4.72 Å². The van der Waals surface area contributed by atoms with Gasteiger partial charge in [0, 0.05) is 5.02 Å². The first-order valence-electron chi connectivity index (χ1n) is 8.42. The molecule has 1 aliphatic rings. The topological polar surface area (TPSA) is 67.8 Å². The minimum Gasteiger partial charge on any atom is -0.444 e. The van der Waals surface area contributed by atoms with Crippen molar-refractivity contribution >= 4 is 42.3 Å². The summed E-state index contributed by atoms with van der Waals surface area (Å²) in [5.74, 6) is 0.201. The van der Waals surface area contributed by atoms with Crippen molar-refractivity contribution in [2.45, 2.75) is 50.4 Å². The molecule has 25 heavy (non-hydrogen) atoms. The zero-order chi connectivity index (χ0) is 18.1. The van der Waals surface area contributed by atoms with Gasteiger partial charge >= 0.3 is 6.09 Å². The number of hydrogen-bond donors (Lipinski definition) is 1. The molecule has 0 aliphatic heterocycles. The van der Waals surface area contributed by atoms with Crippen molar-refractivity contribution in [3.05, 3.63) is 34.9 Å². The van der Waals surface area contributed by atoms with E-state index in [4.69, 9.17) is 16.3 Å². The third-order valence-corrected chi connectivity index (χ3v) is 5.45. The summed E-state index contributed by atoms with van der Waals surface area (Å²) in [6.07, 6.45) is 6.03. The number of nitrogens with zero attached hydrogens (tertiary/aromatic N) is 1. The Bertz CT molecular complexity index is 606. The molecule has 2 amide bonds. The Morgan fingerprint density at radius 3 is 2.80 bits per heavy atom. The van der Waals surface area contributed by atoms with Gasteiger partial charge in [0.15, 0.2) is 0 Å². The second-order valence-electron chi connectivity index (χ2n) is 6.15. The van der Waals surface area contributed by atoms with Crippen LogP contribution in [-0.2, 0) is 16.1 Å². The molecule has 1 N–H and O–H groups in total. The van der Waals surface area contributed by atoms with Gasteiger partial charge in [-0.3, -0.25) is 9.52 Å². The Morgan fingerprint density at radius 1 is 1.36 bits per heavy atom. The average Bonchev–Trinajstić information content (AvgIpc) is 2.63. The van der Waals surface area contributed by atoms with Gasteiger partial charge in [-0.05, 0) is 48.7 Å². The molecule has 0 heterocycles. The number of halogens is 1. The summed E-state index contributed by atoms with van der Waals surface area (Å²) in [6, 6.07) is 7.11. The van der Waals surface area contributed by atoms with E-state index in [2.05, 4.69) is 16.4 Å². The maximum Gasteiger partial charge on any atom is 0.417 e. The van der Waals surface area contributed by atoms with Crippen LogP contribution in [0.4, 0.5) is 4.79 Å². The van der Waals surface area contributed by atoms with Gasteiger partial charge in [-0.1, -0.05) is 55.8 Å². The van der Waals surface area contributed by atoms with Crippen LogP contribution in [0.1, 0.15) is 44.1 Å². The number of ether oxygens (including phenoxy) is 1. The summed E-state index contributed by atoms with van der Waals surface area (Å²) in [6.45, 7) is 3.44. The average molecular weight is 383 g/mol. The van der Waals surface area contributed by atoms with Crippen molar-refractivity contribution in [3.63, 3.8) is 0 Å². The third kappa shape index (κ3) is 7.08. The molecule has 136 valence electrons. The SMILES string of the molecule is C=NC(=O)[C@H](CC1CCCCC1)SNC(=O)OCc1cccc(Cl)c1. The third-order valence-electron chi connectivity index (χ3n) is 4.25. The molecule has 0 bridgehead atoms. The monoisotopic (exact) mass is 382 g/mol. The van der Waals surface area contributed by atoms with E-state index in [1.54, 1.807) is 18.2 Å². The van der Waals surface area contributed by atoms with Crippen molar-refractivity contribution in [3.8, 4) is 0 Å². The lowest BCUT2D eigenvalue weighted by Gasteiger charge is -2.24. The summed E-state index contributed by atoms with van der Waals surface area (Å²) in [5.41, 5.74) is 0.801. The lowest BCUT2D eigenvalue weighted by molar-refractivity contribution is -0.117. The zero-order valence-corrected chi connectivity index (χ0v) is 15.7. The Kier molecular flexibility index (Phi) is 8.28. The lowest BCUT2D eigenvalue weighted by atomic mass is 9.86. The quantitative estimate of drug-likeness (QED) is 0.544. The molecular weight excluding hydrogens is 360 g/mol. The molecule has 5 nitrogen and oxygen atoms in total. The number of nitrogens with one attached hydrogen (secondary N) is 1. The molecule has 2 rings (SSSR count). The lowest BCUT2D eigenvalue weighted by Crippen LogP contribution is -2.27. The van der Waals surface area contributed by atoms with E-state index in [1.165, 1.54) is 19.3 Å². The molecule has 1 aliphatic carbocycles. The number of amides is 2. The summed E-state index contributed by atoms with van der Waals surface area (Å²) in [5, 5.41) is 0.172. The van der Waals surface area contributed by atoms with Gasteiger partial charge in [-0.25, -0.2) is 9.79 Å². The number of benzene rings is 1. The number of hydrogen-bond acceptors (Lipinski definition) is 4. The van der Waals surface area contributed by atoms with Crippen molar-refractivity contribution in [2.75, 3.05) is 0 Å². The number of carbonyl (C=O) groups excluding carboxylic acids is 2. The van der Waals surface area contributed by atoms with Crippen LogP contribution in [0.15, 0.2) is 29.3 Å². The van der Waals surface area contributed by atoms with Crippen LogP contribution >= 0.6 is 23.5 Å². The highest BCUT2D eigenvalue weighted by atomic mass is 35.5. The number of carbonyl (C=O) groups is 2. The fourth-order valence-corrected chi connectivity index (χ4v) is 4.01. The standard InChI is InChI=1S/C18H23ClN2O3S/c1-20-17(22)16(11-13-6-3-2-4-7-13)25-21-18(23)24-12-14-8-5-9-15(19)10-14/h5,8-10,13,16H,1-4,6-7,11-12H2,(H,21,23)/t16-/m0/s1. The van der Waals surface area contributed by atoms with Crippen molar-refractivity contribution in [1.82, 2.24) is 4.72 Å². The first-order chi connectivity index (χ1) is 12.1. The molecule has 1 saturated carbocycles. The van der Waals surface area contributed by atoms with Gasteiger partial charge in [-0.15, -0.1) is 0 Å². The van der Waals surface area contributed by atoms with Gasteiger partial charge in [0.1, 0.15) is 11.9 Å². The van der Waals surface area contributed by atoms with Crippen LogP contribution in [-0.4, -0.2) is 24.0 Å². The summed E-state index contributed by atoms with van der Waals surface area (Å²) < 4.78 is 7.74. The Morgan fingerprint density at radius 2 is 2.12 bits per heavy atom. The van der Waals surface area contributed by atoms with Crippen molar-refractivity contribution in [1.29, 1.82) is 0 Å². The molecule has 0 saturated heterocycles. The van der Waals surface area contributed by atoms with E-state index >= 15 is 0 Å². The zero-order valence-electron chi connectivity index (χ0n) is 14.1. The maximum atomic E-state index is 12.0.